The Kier molecular flexibility index (Phi) is 4.76. The fourth-order valence-corrected chi connectivity index (χ4v) is 1.51. The van der Waals surface area contributed by atoms with E-state index in [0.717, 1.165) is 0 Å². The van der Waals surface area contributed by atoms with Gasteiger partial charge in [-0.15, -0.1) is 0 Å². The summed E-state index contributed by atoms with van der Waals surface area (Å²) in [6.07, 6.45) is 0.632. The number of ether oxygens (including phenoxy) is 2. The normalized spacial score (nSPS) is 29.9. The molecule has 0 aliphatic carbocycles. The molecule has 1 aliphatic heterocycles. The van der Waals surface area contributed by atoms with Gasteiger partial charge in [0, 0.05) is 19.0 Å². The summed E-state index contributed by atoms with van der Waals surface area (Å²) >= 11 is 0. The summed E-state index contributed by atoms with van der Waals surface area (Å²) in [7, 11) is 1.79. The quantitative estimate of drug-likeness (QED) is 0.665. The Morgan fingerprint density at radius 2 is 2.31 bits per heavy atom. The van der Waals surface area contributed by atoms with Crippen molar-refractivity contribution in [3.63, 3.8) is 0 Å². The zero-order valence-corrected chi connectivity index (χ0v) is 9.69. The third-order valence-corrected chi connectivity index (χ3v) is 2.53. The minimum absolute atomic E-state index is 0.0293. The van der Waals surface area contributed by atoms with Crippen molar-refractivity contribution in [3.8, 4) is 0 Å². The van der Waals surface area contributed by atoms with E-state index in [4.69, 9.17) is 10.8 Å². The van der Waals surface area contributed by atoms with Gasteiger partial charge in [-0.05, 0) is 20.4 Å². The highest BCUT2D eigenvalue weighted by Gasteiger charge is 2.27. The summed E-state index contributed by atoms with van der Waals surface area (Å²) in [6, 6.07) is 0.0399. The van der Waals surface area contributed by atoms with Crippen molar-refractivity contribution >= 4 is 11.8 Å². The predicted molar refractivity (Wildman–Crippen MR) is 58.1 cm³/mol. The van der Waals surface area contributed by atoms with Crippen LogP contribution in [-0.4, -0.2) is 44.1 Å². The van der Waals surface area contributed by atoms with Crippen molar-refractivity contribution < 1.29 is 20.4 Å². The number of ketones is 1. The lowest BCUT2D eigenvalue weighted by Gasteiger charge is -2.17. The number of likely N-dealkylation sites (N-methyl/N-ethyl adjacent to an activating group) is 1. The third-order valence-electron chi connectivity index (χ3n) is 2.53. The first kappa shape index (κ1) is 11.5. The van der Waals surface area contributed by atoms with E-state index in [1.165, 1.54) is 6.92 Å². The van der Waals surface area contributed by atoms with Gasteiger partial charge in [0.2, 0.25) is 0 Å². The molecule has 0 aromatic carbocycles. The van der Waals surface area contributed by atoms with Crippen molar-refractivity contribution in [2.24, 2.45) is 0 Å². The maximum atomic E-state index is 11.3. The lowest BCUT2D eigenvalue weighted by molar-refractivity contribution is -0.148. The van der Waals surface area contributed by atoms with E-state index in [-0.39, 0.29) is 37.4 Å². The van der Waals surface area contributed by atoms with Gasteiger partial charge in [-0.3, -0.25) is 4.79 Å². The summed E-state index contributed by atoms with van der Waals surface area (Å²) in [5.74, 6) is -0.425. The van der Waals surface area contributed by atoms with Crippen LogP contribution >= 0.6 is 0 Å². The number of rotatable bonds is 6. The molecule has 1 saturated heterocycles. The monoisotopic (exact) mass is 231 g/mol. The number of carbonyl (C=O) groups is 2. The van der Waals surface area contributed by atoms with Gasteiger partial charge in [-0.25, -0.2) is 0 Å². The average Bonchev–Trinajstić information content (AvgIpc) is 2.64. The Morgan fingerprint density at radius 1 is 1.56 bits per heavy atom. The molecule has 5 heteroatoms. The number of hydrogen-bond acceptors (Lipinski definition) is 5. The topological polar surface area (TPSA) is 64.6 Å². The molecule has 1 N–H and O–H groups in total. The van der Waals surface area contributed by atoms with Gasteiger partial charge in [0.15, 0.2) is 0 Å². The average molecular weight is 231 g/mol. The van der Waals surface area contributed by atoms with Gasteiger partial charge in [-0.2, -0.15) is 0 Å². The number of hydrogen-bond donors (Lipinski definition) is 1. The van der Waals surface area contributed by atoms with Crippen LogP contribution in [0.4, 0.5) is 0 Å². The molecule has 1 aliphatic rings. The van der Waals surface area contributed by atoms with E-state index in [1.54, 1.807) is 7.05 Å². The van der Waals surface area contributed by atoms with Crippen LogP contribution in [0, 0.1) is 0 Å². The molecule has 1 rings (SSSR count). The highest BCUT2D eigenvalue weighted by Crippen LogP contribution is 2.13. The van der Waals surface area contributed by atoms with E-state index in [0.29, 0.717) is 6.42 Å². The van der Waals surface area contributed by atoms with E-state index >= 15 is 0 Å². The number of nitrogens with one attached hydrogen (secondary N) is 1. The largest absolute Gasteiger partial charge is 0.463 e. The first-order chi connectivity index (χ1) is 8.02. The van der Waals surface area contributed by atoms with Gasteiger partial charge in [0.1, 0.15) is 18.5 Å². The fraction of sp³-hybridized carbons (Fsp3) is 0.818. The number of carbonyl (C=O) groups excluding carboxylic acids is 2. The molecule has 0 spiro atoms. The zero-order chi connectivity index (χ0) is 12.8. The Labute approximate surface area is 96.9 Å². The minimum atomic E-state index is -0.562. The molecule has 3 atom stereocenters. The van der Waals surface area contributed by atoms with E-state index in [1.807, 2.05) is 0 Å². The molecule has 0 unspecified atom stereocenters. The third kappa shape index (κ3) is 4.28. The molecule has 92 valence electrons. The molecular formula is C11H19NO4. The molecule has 1 heterocycles. The molecule has 0 amide bonds. The predicted octanol–water partition coefficient (Wildman–Crippen LogP) is 0.276. The van der Waals surface area contributed by atoms with E-state index in [9.17, 15) is 9.59 Å². The highest BCUT2D eigenvalue weighted by molar-refractivity contribution is 5.80. The maximum Gasteiger partial charge on any atom is 0.306 e. The summed E-state index contributed by atoms with van der Waals surface area (Å²) in [4.78, 5) is 22.0. The Morgan fingerprint density at radius 3 is 2.94 bits per heavy atom. The summed E-state index contributed by atoms with van der Waals surface area (Å²) in [5.41, 5.74) is 0. The minimum Gasteiger partial charge on any atom is -0.463 e. The van der Waals surface area contributed by atoms with Crippen LogP contribution in [0.1, 0.15) is 27.6 Å². The second kappa shape index (κ2) is 6.60. The maximum absolute atomic E-state index is 11.3. The number of Topliss-reactive ketones (excluding diaryl/α,β-unsaturated/α-hetero) is 1. The molecule has 0 saturated carbocycles. The van der Waals surface area contributed by atoms with Crippen molar-refractivity contribution in [2.75, 3.05) is 20.2 Å². The van der Waals surface area contributed by atoms with Gasteiger partial charge in [0.05, 0.1) is 7.79 Å². The van der Waals surface area contributed by atoms with Crippen molar-refractivity contribution in [1.82, 2.24) is 5.32 Å². The Bertz CT molecular complexity index is 285. The van der Waals surface area contributed by atoms with Crippen molar-refractivity contribution in [2.45, 2.75) is 38.3 Å². The van der Waals surface area contributed by atoms with Crippen LogP contribution in [0.2, 0.25) is 0 Å². The van der Waals surface area contributed by atoms with Crippen molar-refractivity contribution in [3.05, 3.63) is 0 Å². The molecule has 0 aromatic heterocycles. The molecule has 0 bridgehead atoms. The standard InChI is InChI=1S/C11H19NO4/c1-8(13)3-4-11(14)16-7-10-9(12-2)5-6-15-10/h9-10,12H,3-7H2,1-2H3/t9-,10+/m0/s1/i6T/t6-,9-,10+. The zero-order valence-electron chi connectivity index (χ0n) is 10.7. The Hall–Kier alpha value is -0.940. The number of esters is 1. The molecule has 16 heavy (non-hydrogen) atoms. The van der Waals surface area contributed by atoms with Crippen LogP contribution in [0.15, 0.2) is 0 Å². The molecule has 0 radical (unpaired) electrons. The lowest BCUT2D eigenvalue weighted by atomic mass is 10.1. The van der Waals surface area contributed by atoms with Crippen LogP contribution in [0.5, 0.6) is 0 Å². The van der Waals surface area contributed by atoms with Gasteiger partial charge in [0.25, 0.3) is 0 Å². The lowest BCUT2D eigenvalue weighted by Crippen LogP contribution is -2.37. The first-order valence-corrected chi connectivity index (χ1v) is 5.43. The molecule has 5 nitrogen and oxygen atoms in total. The van der Waals surface area contributed by atoms with Crippen LogP contribution in [-0.2, 0) is 19.1 Å². The smallest absolute Gasteiger partial charge is 0.306 e. The van der Waals surface area contributed by atoms with Gasteiger partial charge in [-0.1, -0.05) is 0 Å². The fourth-order valence-electron chi connectivity index (χ4n) is 1.51. The Balaban J connectivity index is 2.25. The SMILES string of the molecule is [3H][C@H]1C[C@H](NC)[C@@H](COC(=O)CCC(C)=O)O1. The van der Waals surface area contributed by atoms with Gasteiger partial charge >= 0.3 is 5.97 Å². The highest BCUT2D eigenvalue weighted by atomic mass is 16.6. The van der Waals surface area contributed by atoms with E-state index in [2.05, 4.69) is 5.32 Å². The van der Waals surface area contributed by atoms with Crippen LogP contribution in [0.25, 0.3) is 0 Å². The second-order valence-electron chi connectivity index (χ2n) is 3.86. The summed E-state index contributed by atoms with van der Waals surface area (Å²) < 4.78 is 17.8. The molecule has 0 aromatic rings. The van der Waals surface area contributed by atoms with Crippen LogP contribution < -0.4 is 5.32 Å². The molecular weight excluding hydrogens is 210 g/mol. The van der Waals surface area contributed by atoms with Gasteiger partial charge < -0.3 is 19.6 Å². The summed E-state index contributed by atoms with van der Waals surface area (Å²) in [5, 5.41) is 3.03. The van der Waals surface area contributed by atoms with Crippen LogP contribution in [0.3, 0.4) is 0 Å². The molecule has 1 fully saturated rings. The van der Waals surface area contributed by atoms with Crippen molar-refractivity contribution in [1.29, 1.82) is 0 Å². The van der Waals surface area contributed by atoms with E-state index < -0.39 is 12.6 Å². The second-order valence-corrected chi connectivity index (χ2v) is 3.86. The summed E-state index contributed by atoms with van der Waals surface area (Å²) in [6.45, 7) is 1.01. The first-order valence-electron chi connectivity index (χ1n) is 6.00.